The number of hydrogen-bond acceptors (Lipinski definition) is 3. The largest absolute Gasteiger partial charge is 0.335 e. The number of sulfonamides is 1. The van der Waals surface area contributed by atoms with Gasteiger partial charge in [-0.2, -0.15) is 0 Å². The van der Waals surface area contributed by atoms with E-state index in [9.17, 15) is 8.42 Å². The van der Waals surface area contributed by atoms with Crippen molar-refractivity contribution in [2.24, 2.45) is 0 Å². The zero-order chi connectivity index (χ0) is 12.3. The van der Waals surface area contributed by atoms with Crippen molar-refractivity contribution in [3.8, 4) is 0 Å². The van der Waals surface area contributed by atoms with E-state index in [0.717, 1.165) is 32.1 Å². The lowest BCUT2D eigenvalue weighted by Gasteiger charge is -2.20. The van der Waals surface area contributed by atoms with Crippen LogP contribution in [-0.4, -0.2) is 29.8 Å². The van der Waals surface area contributed by atoms with Gasteiger partial charge in [0, 0.05) is 11.4 Å². The quantitative estimate of drug-likeness (QED) is 0.651. The molecule has 1 heterocycles. The van der Waals surface area contributed by atoms with Gasteiger partial charge in [-0.1, -0.05) is 19.3 Å². The van der Waals surface area contributed by atoms with Gasteiger partial charge in [-0.05, 0) is 12.8 Å². The summed E-state index contributed by atoms with van der Waals surface area (Å²) in [6.07, 6.45) is 7.49. The minimum absolute atomic E-state index is 0.0885. The minimum atomic E-state index is -3.52. The van der Waals surface area contributed by atoms with Crippen LogP contribution in [0.2, 0.25) is 0 Å². The van der Waals surface area contributed by atoms with Gasteiger partial charge in [-0.25, -0.2) is 18.1 Å². The summed E-state index contributed by atoms with van der Waals surface area (Å²) in [4.78, 5) is 6.30. The molecule has 1 aromatic rings. The topological polar surface area (TPSA) is 74.8 Å². The van der Waals surface area contributed by atoms with Gasteiger partial charge in [0.2, 0.25) is 0 Å². The standard InChI is InChI=1S/C10H16ClN3O2S/c11-8-4-2-1-3-5-9(8)14-17(15,16)10-6-12-7-13-10/h6-9,14H,1-5H2,(H,12,13). The van der Waals surface area contributed by atoms with Crippen molar-refractivity contribution in [1.29, 1.82) is 0 Å². The Kier molecular flexibility index (Phi) is 4.06. The molecule has 1 aromatic heterocycles. The van der Waals surface area contributed by atoms with E-state index in [2.05, 4.69) is 14.7 Å². The predicted molar refractivity (Wildman–Crippen MR) is 65.4 cm³/mol. The van der Waals surface area contributed by atoms with Crippen LogP contribution in [-0.2, 0) is 10.0 Å². The van der Waals surface area contributed by atoms with Crippen LogP contribution in [0.4, 0.5) is 0 Å². The highest BCUT2D eigenvalue weighted by atomic mass is 35.5. The summed E-state index contributed by atoms with van der Waals surface area (Å²) in [5.74, 6) is 0. The molecule has 2 rings (SSSR count). The monoisotopic (exact) mass is 277 g/mol. The van der Waals surface area contributed by atoms with Gasteiger partial charge in [-0.3, -0.25) is 0 Å². The van der Waals surface area contributed by atoms with E-state index in [1.165, 1.54) is 12.5 Å². The van der Waals surface area contributed by atoms with Gasteiger partial charge in [0.05, 0.1) is 12.5 Å². The summed E-state index contributed by atoms with van der Waals surface area (Å²) < 4.78 is 26.6. The summed E-state index contributed by atoms with van der Waals surface area (Å²) in [6, 6.07) is -0.188. The van der Waals surface area contributed by atoms with Crippen molar-refractivity contribution in [3.05, 3.63) is 12.5 Å². The van der Waals surface area contributed by atoms with E-state index < -0.39 is 10.0 Å². The zero-order valence-corrected chi connectivity index (χ0v) is 11.0. The molecule has 0 aliphatic heterocycles. The Labute approximate surface area is 106 Å². The SMILES string of the molecule is O=S(=O)(NC1CCCCCC1Cl)c1cnc[nH]1. The third-order valence-electron chi connectivity index (χ3n) is 3.00. The lowest BCUT2D eigenvalue weighted by molar-refractivity contribution is 0.512. The molecule has 5 nitrogen and oxygen atoms in total. The fraction of sp³-hybridized carbons (Fsp3) is 0.700. The van der Waals surface area contributed by atoms with Crippen molar-refractivity contribution >= 4 is 21.6 Å². The van der Waals surface area contributed by atoms with E-state index >= 15 is 0 Å². The Balaban J connectivity index is 2.09. The Morgan fingerprint density at radius 1 is 1.35 bits per heavy atom. The average Bonchev–Trinajstić information content (AvgIpc) is 2.74. The number of halogens is 1. The van der Waals surface area contributed by atoms with Crippen LogP contribution < -0.4 is 4.72 Å². The highest BCUT2D eigenvalue weighted by Gasteiger charge is 2.27. The lowest BCUT2D eigenvalue weighted by atomic mass is 10.1. The maximum Gasteiger partial charge on any atom is 0.257 e. The molecule has 17 heavy (non-hydrogen) atoms. The number of alkyl halides is 1. The molecule has 0 saturated heterocycles. The molecule has 0 spiro atoms. The molecule has 2 unspecified atom stereocenters. The second-order valence-corrected chi connectivity index (χ2v) is 6.54. The Morgan fingerprint density at radius 3 is 2.82 bits per heavy atom. The maximum absolute atomic E-state index is 12.0. The summed E-state index contributed by atoms with van der Waals surface area (Å²) in [6.45, 7) is 0. The van der Waals surface area contributed by atoms with E-state index in [4.69, 9.17) is 11.6 Å². The molecule has 7 heteroatoms. The first-order chi connectivity index (χ1) is 8.09. The van der Waals surface area contributed by atoms with Crippen molar-refractivity contribution in [2.75, 3.05) is 0 Å². The number of imidazole rings is 1. The van der Waals surface area contributed by atoms with Crippen molar-refractivity contribution in [2.45, 2.75) is 48.5 Å². The molecule has 2 N–H and O–H groups in total. The Bertz CT molecular complexity index is 446. The number of aromatic amines is 1. The van der Waals surface area contributed by atoms with Crippen LogP contribution in [0.5, 0.6) is 0 Å². The van der Waals surface area contributed by atoms with E-state index in [-0.39, 0.29) is 16.4 Å². The molecule has 0 bridgehead atoms. The van der Waals surface area contributed by atoms with Gasteiger partial charge in [0.15, 0.2) is 5.03 Å². The summed E-state index contributed by atoms with van der Waals surface area (Å²) in [5, 5.41) is -0.0409. The molecule has 1 saturated carbocycles. The fourth-order valence-corrected chi connectivity index (χ4v) is 3.68. The normalized spacial score (nSPS) is 26.6. The van der Waals surface area contributed by atoms with Crippen LogP contribution in [0.1, 0.15) is 32.1 Å². The summed E-state index contributed by atoms with van der Waals surface area (Å²) in [5.41, 5.74) is 0. The summed E-state index contributed by atoms with van der Waals surface area (Å²) >= 11 is 6.20. The number of aromatic nitrogens is 2. The van der Waals surface area contributed by atoms with Crippen LogP contribution in [0, 0.1) is 0 Å². The number of H-pyrrole nitrogens is 1. The first-order valence-electron chi connectivity index (χ1n) is 5.74. The van der Waals surface area contributed by atoms with Gasteiger partial charge in [0.1, 0.15) is 0 Å². The van der Waals surface area contributed by atoms with Crippen LogP contribution >= 0.6 is 11.6 Å². The van der Waals surface area contributed by atoms with Crippen LogP contribution in [0.15, 0.2) is 17.6 Å². The first kappa shape index (κ1) is 12.9. The van der Waals surface area contributed by atoms with Crippen molar-refractivity contribution in [3.63, 3.8) is 0 Å². The highest BCUT2D eigenvalue weighted by molar-refractivity contribution is 7.89. The molecular weight excluding hydrogens is 262 g/mol. The highest BCUT2D eigenvalue weighted by Crippen LogP contribution is 2.23. The predicted octanol–water partition coefficient (Wildman–Crippen LogP) is 1.63. The molecule has 1 aliphatic carbocycles. The second kappa shape index (κ2) is 5.37. The van der Waals surface area contributed by atoms with Gasteiger partial charge in [0.25, 0.3) is 10.0 Å². The molecule has 0 amide bonds. The maximum atomic E-state index is 12.0. The Morgan fingerprint density at radius 2 is 2.12 bits per heavy atom. The average molecular weight is 278 g/mol. The molecule has 2 atom stereocenters. The van der Waals surface area contributed by atoms with Gasteiger partial charge in [-0.15, -0.1) is 11.6 Å². The minimum Gasteiger partial charge on any atom is -0.335 e. The number of nitrogens with one attached hydrogen (secondary N) is 2. The summed E-state index contributed by atoms with van der Waals surface area (Å²) in [7, 11) is -3.52. The van der Waals surface area contributed by atoms with Crippen LogP contribution in [0.25, 0.3) is 0 Å². The van der Waals surface area contributed by atoms with Gasteiger partial charge < -0.3 is 4.98 Å². The molecule has 96 valence electrons. The molecule has 1 aliphatic rings. The number of rotatable bonds is 3. The first-order valence-corrected chi connectivity index (χ1v) is 7.66. The van der Waals surface area contributed by atoms with Gasteiger partial charge >= 0.3 is 0 Å². The third kappa shape index (κ3) is 3.20. The lowest BCUT2D eigenvalue weighted by Crippen LogP contribution is -2.40. The molecule has 0 radical (unpaired) electrons. The molecule has 0 aromatic carbocycles. The third-order valence-corrected chi connectivity index (χ3v) is 4.94. The number of hydrogen-bond donors (Lipinski definition) is 2. The van der Waals surface area contributed by atoms with Crippen molar-refractivity contribution < 1.29 is 8.42 Å². The smallest absolute Gasteiger partial charge is 0.257 e. The second-order valence-electron chi connectivity index (χ2n) is 4.30. The zero-order valence-electron chi connectivity index (χ0n) is 9.39. The van der Waals surface area contributed by atoms with Crippen molar-refractivity contribution in [1.82, 2.24) is 14.7 Å². The van der Waals surface area contributed by atoms with E-state index in [1.807, 2.05) is 0 Å². The van der Waals surface area contributed by atoms with E-state index in [0.29, 0.717) is 0 Å². The van der Waals surface area contributed by atoms with Crippen LogP contribution in [0.3, 0.4) is 0 Å². The Hall–Kier alpha value is -0.590. The molecule has 1 fully saturated rings. The number of nitrogens with zero attached hydrogens (tertiary/aromatic N) is 1. The molecular formula is C10H16ClN3O2S. The fourth-order valence-electron chi connectivity index (χ4n) is 2.05. The van der Waals surface area contributed by atoms with E-state index in [1.54, 1.807) is 0 Å².